The number of benzene rings is 1. The summed E-state index contributed by atoms with van der Waals surface area (Å²) in [6.45, 7) is 0.408. The Labute approximate surface area is 149 Å². The van der Waals surface area contributed by atoms with Crippen molar-refractivity contribution in [3.63, 3.8) is 0 Å². The van der Waals surface area contributed by atoms with Gasteiger partial charge in [0.1, 0.15) is 4.21 Å². The van der Waals surface area contributed by atoms with Crippen LogP contribution < -0.4 is 0 Å². The molecule has 2 unspecified atom stereocenters. The SMILES string of the molecule is CS(=O)(=O)c1ccc(C(=O)N2CC(C(=O)O)C(c3ccccc3)C2)s1. The van der Waals surface area contributed by atoms with Crippen LogP contribution in [0.5, 0.6) is 0 Å². The van der Waals surface area contributed by atoms with Gasteiger partial charge in [0.25, 0.3) is 5.91 Å². The molecule has 0 aliphatic carbocycles. The average molecular weight is 379 g/mol. The van der Waals surface area contributed by atoms with Crippen LogP contribution in [0.4, 0.5) is 0 Å². The van der Waals surface area contributed by atoms with Gasteiger partial charge in [-0.05, 0) is 17.7 Å². The van der Waals surface area contributed by atoms with E-state index in [2.05, 4.69) is 0 Å². The zero-order valence-electron chi connectivity index (χ0n) is 13.5. The van der Waals surface area contributed by atoms with Crippen molar-refractivity contribution in [1.29, 1.82) is 0 Å². The van der Waals surface area contributed by atoms with Crippen molar-refractivity contribution in [2.24, 2.45) is 5.92 Å². The van der Waals surface area contributed by atoms with Crippen LogP contribution in [0.15, 0.2) is 46.7 Å². The molecule has 1 saturated heterocycles. The monoisotopic (exact) mass is 379 g/mol. The van der Waals surface area contributed by atoms with E-state index in [9.17, 15) is 23.1 Å². The summed E-state index contributed by atoms with van der Waals surface area (Å²) in [5.41, 5.74) is 0.883. The van der Waals surface area contributed by atoms with Crippen molar-refractivity contribution in [3.05, 3.63) is 52.9 Å². The number of rotatable bonds is 4. The molecule has 0 spiro atoms. The number of carboxylic acid groups (broad SMARTS) is 1. The Balaban J connectivity index is 1.85. The predicted molar refractivity (Wildman–Crippen MR) is 93.6 cm³/mol. The van der Waals surface area contributed by atoms with E-state index in [0.717, 1.165) is 23.2 Å². The van der Waals surface area contributed by atoms with Gasteiger partial charge in [-0.3, -0.25) is 9.59 Å². The molecule has 1 aromatic carbocycles. The normalized spacial score (nSPS) is 20.6. The summed E-state index contributed by atoms with van der Waals surface area (Å²) in [4.78, 5) is 26.1. The Hall–Kier alpha value is -2.19. The fourth-order valence-corrected chi connectivity index (χ4v) is 4.94. The molecule has 2 heterocycles. The molecule has 6 nitrogen and oxygen atoms in total. The molecular weight excluding hydrogens is 362 g/mol. The summed E-state index contributed by atoms with van der Waals surface area (Å²) >= 11 is 0.915. The van der Waals surface area contributed by atoms with E-state index in [1.54, 1.807) is 0 Å². The van der Waals surface area contributed by atoms with Crippen LogP contribution in [-0.4, -0.2) is 49.6 Å². The smallest absolute Gasteiger partial charge is 0.308 e. The predicted octanol–water partition coefficient (Wildman–Crippen LogP) is 2.09. The topological polar surface area (TPSA) is 91.8 Å². The Morgan fingerprint density at radius 3 is 2.36 bits per heavy atom. The maximum Gasteiger partial charge on any atom is 0.308 e. The minimum Gasteiger partial charge on any atom is -0.481 e. The number of thiophene rings is 1. The quantitative estimate of drug-likeness (QED) is 0.878. The molecule has 1 aliphatic heterocycles. The summed E-state index contributed by atoms with van der Waals surface area (Å²) in [6.07, 6.45) is 1.09. The van der Waals surface area contributed by atoms with E-state index in [-0.39, 0.29) is 22.6 Å². The first-order valence-electron chi connectivity index (χ1n) is 7.64. The number of carbonyl (C=O) groups excluding carboxylic acids is 1. The Morgan fingerprint density at radius 2 is 1.80 bits per heavy atom. The largest absolute Gasteiger partial charge is 0.481 e. The molecule has 8 heteroatoms. The molecule has 25 heavy (non-hydrogen) atoms. The lowest BCUT2D eigenvalue weighted by molar-refractivity contribution is -0.141. The van der Waals surface area contributed by atoms with Crippen LogP contribution in [0.25, 0.3) is 0 Å². The molecule has 2 atom stereocenters. The fourth-order valence-electron chi connectivity index (χ4n) is 3.05. The van der Waals surface area contributed by atoms with E-state index in [0.29, 0.717) is 11.4 Å². The maximum absolute atomic E-state index is 12.7. The average Bonchev–Trinajstić information content (AvgIpc) is 3.22. The van der Waals surface area contributed by atoms with Crippen LogP contribution in [0, 0.1) is 5.92 Å². The molecule has 1 N–H and O–H groups in total. The lowest BCUT2D eigenvalue weighted by atomic mass is 9.89. The van der Waals surface area contributed by atoms with Crippen LogP contribution in [0.2, 0.25) is 0 Å². The summed E-state index contributed by atoms with van der Waals surface area (Å²) in [5.74, 6) is -2.23. The Bertz CT molecular complexity index is 904. The van der Waals surface area contributed by atoms with Crippen LogP contribution in [0.3, 0.4) is 0 Å². The highest BCUT2D eigenvalue weighted by Gasteiger charge is 2.40. The summed E-state index contributed by atoms with van der Waals surface area (Å²) in [7, 11) is -3.36. The van der Waals surface area contributed by atoms with Crippen LogP contribution >= 0.6 is 11.3 Å². The van der Waals surface area contributed by atoms with Crippen molar-refractivity contribution in [3.8, 4) is 0 Å². The molecule has 132 valence electrons. The third kappa shape index (κ3) is 3.59. The van der Waals surface area contributed by atoms with Crippen molar-refractivity contribution >= 4 is 33.1 Å². The van der Waals surface area contributed by atoms with E-state index in [1.165, 1.54) is 17.0 Å². The molecule has 0 saturated carbocycles. The van der Waals surface area contributed by atoms with E-state index < -0.39 is 21.7 Å². The number of hydrogen-bond acceptors (Lipinski definition) is 5. The molecular formula is C17H17NO5S2. The van der Waals surface area contributed by atoms with Crippen LogP contribution in [0.1, 0.15) is 21.2 Å². The first kappa shape index (κ1) is 17.6. The van der Waals surface area contributed by atoms with Crippen molar-refractivity contribution in [2.75, 3.05) is 19.3 Å². The van der Waals surface area contributed by atoms with E-state index in [1.807, 2.05) is 30.3 Å². The van der Waals surface area contributed by atoms with Crippen molar-refractivity contribution in [2.45, 2.75) is 10.1 Å². The number of likely N-dealkylation sites (tertiary alicyclic amines) is 1. The highest BCUT2D eigenvalue weighted by molar-refractivity contribution is 7.92. The number of carbonyl (C=O) groups is 2. The first-order valence-corrected chi connectivity index (χ1v) is 10.3. The third-order valence-electron chi connectivity index (χ3n) is 4.31. The zero-order chi connectivity index (χ0) is 18.2. The standard InChI is InChI=1S/C17H17NO5S2/c1-25(22,23)15-8-7-14(24-15)16(19)18-9-12(13(10-18)17(20)21)11-5-3-2-4-6-11/h2-8,12-13H,9-10H2,1H3,(H,20,21). The van der Waals surface area contributed by atoms with Gasteiger partial charge < -0.3 is 10.0 Å². The number of aliphatic carboxylic acids is 1. The number of amides is 1. The van der Waals surface area contributed by atoms with Gasteiger partial charge in [-0.2, -0.15) is 0 Å². The summed E-state index contributed by atoms with van der Waals surface area (Å²) in [6, 6.07) is 12.2. The maximum atomic E-state index is 12.7. The minimum absolute atomic E-state index is 0.111. The third-order valence-corrected chi connectivity index (χ3v) is 7.20. The number of carboxylic acids is 1. The number of hydrogen-bond donors (Lipinski definition) is 1. The second kappa shape index (κ2) is 6.61. The van der Waals surface area contributed by atoms with Crippen LogP contribution in [-0.2, 0) is 14.6 Å². The van der Waals surface area contributed by atoms with Gasteiger partial charge in [-0.25, -0.2) is 8.42 Å². The highest BCUT2D eigenvalue weighted by atomic mass is 32.2. The molecule has 1 amide bonds. The molecule has 0 bridgehead atoms. The van der Waals surface area contributed by atoms with Gasteiger partial charge >= 0.3 is 5.97 Å². The Morgan fingerprint density at radius 1 is 1.12 bits per heavy atom. The number of nitrogens with zero attached hydrogens (tertiary/aromatic N) is 1. The fraction of sp³-hybridized carbons (Fsp3) is 0.294. The van der Waals surface area contributed by atoms with Gasteiger partial charge in [-0.1, -0.05) is 30.3 Å². The molecule has 2 aromatic rings. The molecule has 1 aromatic heterocycles. The lowest BCUT2D eigenvalue weighted by Gasteiger charge is -2.15. The van der Waals surface area contributed by atoms with Crippen molar-refractivity contribution in [1.82, 2.24) is 4.90 Å². The second-order valence-corrected chi connectivity index (χ2v) is 9.39. The van der Waals surface area contributed by atoms with Gasteiger partial charge in [0, 0.05) is 25.3 Å². The van der Waals surface area contributed by atoms with E-state index in [4.69, 9.17) is 0 Å². The zero-order valence-corrected chi connectivity index (χ0v) is 15.1. The molecule has 0 radical (unpaired) electrons. The summed E-state index contributed by atoms with van der Waals surface area (Å²) < 4.78 is 23.3. The van der Waals surface area contributed by atoms with Gasteiger partial charge in [-0.15, -0.1) is 11.3 Å². The molecule has 1 aliphatic rings. The first-order chi connectivity index (χ1) is 11.8. The molecule has 3 rings (SSSR count). The van der Waals surface area contributed by atoms with E-state index >= 15 is 0 Å². The highest BCUT2D eigenvalue weighted by Crippen LogP contribution is 2.34. The Kier molecular flexibility index (Phi) is 4.66. The lowest BCUT2D eigenvalue weighted by Crippen LogP contribution is -2.29. The van der Waals surface area contributed by atoms with Gasteiger partial charge in [0.2, 0.25) is 0 Å². The van der Waals surface area contributed by atoms with Gasteiger partial charge in [0.05, 0.1) is 10.8 Å². The van der Waals surface area contributed by atoms with Gasteiger partial charge in [0.15, 0.2) is 9.84 Å². The number of sulfone groups is 1. The summed E-state index contributed by atoms with van der Waals surface area (Å²) in [5, 5.41) is 9.51. The van der Waals surface area contributed by atoms with Crippen molar-refractivity contribution < 1.29 is 23.1 Å². The minimum atomic E-state index is -3.36. The molecule has 1 fully saturated rings. The second-order valence-electron chi connectivity index (χ2n) is 6.06.